The third-order valence-corrected chi connectivity index (χ3v) is 6.13. The lowest BCUT2D eigenvalue weighted by atomic mass is 10.1. The standard InChI is InChI=1S/C19H23N3O3S/c23-16-3-6-21-18(16)19(24)22-7-4-17-14(10-22)8-15(26-17)12-25-11-13-2-1-5-20-9-13/h1-2,5,8-9,16,18,21,23H,3-4,6-7,10-12H2/t16-,18-/m0/s1. The molecule has 2 aromatic heterocycles. The van der Waals surface area contributed by atoms with Crippen LogP contribution in [0.4, 0.5) is 0 Å². The number of amides is 1. The highest BCUT2D eigenvalue weighted by Crippen LogP contribution is 2.29. The van der Waals surface area contributed by atoms with E-state index in [2.05, 4.69) is 16.4 Å². The first-order valence-electron chi connectivity index (χ1n) is 8.98. The number of nitrogens with one attached hydrogen (secondary N) is 1. The summed E-state index contributed by atoms with van der Waals surface area (Å²) in [7, 11) is 0. The second-order valence-electron chi connectivity index (χ2n) is 6.81. The number of ether oxygens (including phenoxy) is 1. The van der Waals surface area contributed by atoms with Crippen molar-refractivity contribution in [1.29, 1.82) is 0 Å². The summed E-state index contributed by atoms with van der Waals surface area (Å²) in [5.74, 6) is 0.0150. The molecule has 26 heavy (non-hydrogen) atoms. The Morgan fingerprint density at radius 3 is 3.15 bits per heavy atom. The number of carbonyl (C=O) groups is 1. The molecule has 0 unspecified atom stereocenters. The van der Waals surface area contributed by atoms with Crippen LogP contribution in [0.5, 0.6) is 0 Å². The van der Waals surface area contributed by atoms with Crippen molar-refractivity contribution in [3.63, 3.8) is 0 Å². The van der Waals surface area contributed by atoms with Crippen molar-refractivity contribution in [2.45, 2.75) is 44.7 Å². The predicted molar refractivity (Wildman–Crippen MR) is 98.6 cm³/mol. The molecule has 2 aromatic rings. The summed E-state index contributed by atoms with van der Waals surface area (Å²) in [4.78, 5) is 21.1. The number of thiophene rings is 1. The average molecular weight is 373 g/mol. The van der Waals surface area contributed by atoms with Gasteiger partial charge in [0.1, 0.15) is 6.04 Å². The van der Waals surface area contributed by atoms with Crippen LogP contribution < -0.4 is 5.32 Å². The maximum Gasteiger partial charge on any atom is 0.242 e. The van der Waals surface area contributed by atoms with Crippen molar-refractivity contribution in [2.75, 3.05) is 13.1 Å². The Hall–Kier alpha value is -1.80. The Morgan fingerprint density at radius 2 is 2.38 bits per heavy atom. The van der Waals surface area contributed by atoms with Crippen LogP contribution in [0.25, 0.3) is 0 Å². The van der Waals surface area contributed by atoms with Crippen LogP contribution in [-0.4, -0.2) is 46.1 Å². The monoisotopic (exact) mass is 373 g/mol. The van der Waals surface area contributed by atoms with Crippen molar-refractivity contribution < 1.29 is 14.6 Å². The first kappa shape index (κ1) is 17.6. The predicted octanol–water partition coefficient (Wildman–Crippen LogP) is 1.47. The molecule has 7 heteroatoms. The van der Waals surface area contributed by atoms with Gasteiger partial charge in [0.2, 0.25) is 5.91 Å². The van der Waals surface area contributed by atoms with E-state index in [1.807, 2.05) is 23.2 Å². The summed E-state index contributed by atoms with van der Waals surface area (Å²) >= 11 is 1.77. The number of pyridine rings is 1. The van der Waals surface area contributed by atoms with Gasteiger partial charge in [0.05, 0.1) is 19.3 Å². The first-order valence-corrected chi connectivity index (χ1v) is 9.79. The third-order valence-electron chi connectivity index (χ3n) is 4.92. The molecule has 2 N–H and O–H groups in total. The summed E-state index contributed by atoms with van der Waals surface area (Å²) in [5, 5.41) is 13.1. The summed E-state index contributed by atoms with van der Waals surface area (Å²) in [6, 6.07) is 5.62. The SMILES string of the molecule is O=C([C@H]1NCC[C@@H]1O)N1CCc2sc(COCc3cccnc3)cc2C1. The zero-order valence-corrected chi connectivity index (χ0v) is 15.4. The van der Waals surface area contributed by atoms with E-state index in [9.17, 15) is 9.90 Å². The molecule has 0 radical (unpaired) electrons. The number of rotatable bonds is 5. The molecule has 1 fully saturated rings. The van der Waals surface area contributed by atoms with Gasteiger partial charge in [-0.15, -0.1) is 11.3 Å². The summed E-state index contributed by atoms with van der Waals surface area (Å²) in [6.07, 6.45) is 4.52. The van der Waals surface area contributed by atoms with E-state index in [0.29, 0.717) is 39.3 Å². The zero-order valence-electron chi connectivity index (χ0n) is 14.6. The lowest BCUT2D eigenvalue weighted by molar-refractivity contribution is -0.136. The second kappa shape index (κ2) is 7.84. The highest BCUT2D eigenvalue weighted by molar-refractivity contribution is 7.12. The lowest BCUT2D eigenvalue weighted by Gasteiger charge is -2.30. The number of fused-ring (bicyclic) bond motifs is 1. The minimum Gasteiger partial charge on any atom is -0.391 e. The summed E-state index contributed by atoms with van der Waals surface area (Å²) in [6.45, 7) is 3.16. The van der Waals surface area contributed by atoms with Crippen LogP contribution >= 0.6 is 11.3 Å². The number of carbonyl (C=O) groups excluding carboxylic acids is 1. The number of aromatic nitrogens is 1. The molecule has 0 spiro atoms. The van der Waals surface area contributed by atoms with Gasteiger partial charge in [-0.3, -0.25) is 9.78 Å². The van der Waals surface area contributed by atoms with Gasteiger partial charge in [-0.1, -0.05) is 6.07 Å². The van der Waals surface area contributed by atoms with Crippen molar-refractivity contribution in [3.05, 3.63) is 51.5 Å². The van der Waals surface area contributed by atoms with Crippen LogP contribution in [-0.2, 0) is 35.7 Å². The molecule has 2 aliphatic rings. The number of nitrogens with zero attached hydrogens (tertiary/aromatic N) is 2. The molecule has 0 aromatic carbocycles. The van der Waals surface area contributed by atoms with E-state index >= 15 is 0 Å². The Morgan fingerprint density at radius 1 is 1.46 bits per heavy atom. The van der Waals surface area contributed by atoms with Crippen LogP contribution in [0.2, 0.25) is 0 Å². The molecule has 1 saturated heterocycles. The van der Waals surface area contributed by atoms with Crippen LogP contribution in [0.1, 0.15) is 27.3 Å². The van der Waals surface area contributed by atoms with Gasteiger partial charge in [0.15, 0.2) is 0 Å². The zero-order chi connectivity index (χ0) is 17.9. The van der Waals surface area contributed by atoms with Gasteiger partial charge in [-0.2, -0.15) is 0 Å². The molecule has 0 saturated carbocycles. The van der Waals surface area contributed by atoms with Crippen LogP contribution in [0.3, 0.4) is 0 Å². The maximum atomic E-state index is 12.6. The molecule has 6 nitrogen and oxygen atoms in total. The average Bonchev–Trinajstić information content (AvgIpc) is 3.27. The van der Waals surface area contributed by atoms with Gasteiger partial charge in [0, 0.05) is 35.2 Å². The number of hydrogen-bond donors (Lipinski definition) is 2. The minimum atomic E-state index is -0.567. The lowest BCUT2D eigenvalue weighted by Crippen LogP contribution is -2.49. The van der Waals surface area contributed by atoms with Gasteiger partial charge < -0.3 is 20.1 Å². The van der Waals surface area contributed by atoms with E-state index in [-0.39, 0.29) is 5.91 Å². The largest absolute Gasteiger partial charge is 0.391 e. The highest BCUT2D eigenvalue weighted by Gasteiger charge is 2.35. The van der Waals surface area contributed by atoms with Crippen LogP contribution in [0, 0.1) is 0 Å². The second-order valence-corrected chi connectivity index (χ2v) is 8.03. The molecule has 0 bridgehead atoms. The van der Waals surface area contributed by atoms with E-state index in [0.717, 1.165) is 12.0 Å². The molecular weight excluding hydrogens is 350 g/mol. The van der Waals surface area contributed by atoms with Crippen molar-refractivity contribution in [1.82, 2.24) is 15.2 Å². The van der Waals surface area contributed by atoms with E-state index < -0.39 is 12.1 Å². The molecular formula is C19H23N3O3S. The fourth-order valence-electron chi connectivity index (χ4n) is 3.54. The van der Waals surface area contributed by atoms with Crippen LogP contribution in [0.15, 0.2) is 30.6 Å². The number of aliphatic hydroxyl groups excluding tert-OH is 1. The van der Waals surface area contributed by atoms with E-state index in [4.69, 9.17) is 4.74 Å². The Kier molecular flexibility index (Phi) is 5.31. The van der Waals surface area contributed by atoms with Gasteiger partial charge in [0.25, 0.3) is 0 Å². The fraction of sp³-hybridized carbons (Fsp3) is 0.474. The Bertz CT molecular complexity index is 765. The quantitative estimate of drug-likeness (QED) is 0.830. The Balaban J connectivity index is 1.34. The topological polar surface area (TPSA) is 74.7 Å². The molecule has 138 valence electrons. The minimum absolute atomic E-state index is 0.0150. The molecule has 0 aliphatic carbocycles. The highest BCUT2D eigenvalue weighted by atomic mass is 32.1. The van der Waals surface area contributed by atoms with Gasteiger partial charge in [-0.25, -0.2) is 0 Å². The number of hydrogen-bond acceptors (Lipinski definition) is 6. The van der Waals surface area contributed by atoms with Crippen molar-refractivity contribution in [3.8, 4) is 0 Å². The van der Waals surface area contributed by atoms with Gasteiger partial charge >= 0.3 is 0 Å². The van der Waals surface area contributed by atoms with E-state index in [1.165, 1.54) is 15.3 Å². The molecule has 2 aliphatic heterocycles. The van der Waals surface area contributed by atoms with Crippen molar-refractivity contribution in [2.24, 2.45) is 0 Å². The molecule has 2 atom stereocenters. The third kappa shape index (κ3) is 3.81. The normalized spacial score (nSPS) is 22.4. The first-order chi connectivity index (χ1) is 12.7. The Labute approximate surface area is 156 Å². The number of aliphatic hydroxyl groups is 1. The molecule has 1 amide bonds. The summed E-state index contributed by atoms with van der Waals surface area (Å²) < 4.78 is 5.80. The smallest absolute Gasteiger partial charge is 0.242 e. The van der Waals surface area contributed by atoms with E-state index in [1.54, 1.807) is 17.5 Å². The van der Waals surface area contributed by atoms with Crippen molar-refractivity contribution >= 4 is 17.2 Å². The molecule has 4 rings (SSSR count). The maximum absolute atomic E-state index is 12.6. The van der Waals surface area contributed by atoms with Gasteiger partial charge in [-0.05, 0) is 42.6 Å². The molecule has 4 heterocycles. The fourth-order valence-corrected chi connectivity index (χ4v) is 4.65. The summed E-state index contributed by atoms with van der Waals surface area (Å²) in [5.41, 5.74) is 2.27.